The molecule has 1 unspecified atom stereocenters. The summed E-state index contributed by atoms with van der Waals surface area (Å²) in [4.78, 5) is 13.3. The maximum Gasteiger partial charge on any atom is 0.253 e. The summed E-state index contributed by atoms with van der Waals surface area (Å²) in [6.07, 6.45) is 0. The molecule has 31 heavy (non-hydrogen) atoms. The molecule has 3 aromatic carbocycles. The standard InChI is InChI=1S/C27H26N2O2/c1-19(21-11-6-4-7-12-21)28-27(30)25-18-26(22-13-10-16-24(17-22)31-3)29(20(25)2)23-14-8-5-9-15-23/h4-19H,1-3H3,(H,28,30). The Labute approximate surface area is 183 Å². The van der Waals surface area contributed by atoms with Crippen molar-refractivity contribution >= 4 is 5.91 Å². The lowest BCUT2D eigenvalue weighted by molar-refractivity contribution is 0.0939. The van der Waals surface area contributed by atoms with Crippen LogP contribution in [0, 0.1) is 6.92 Å². The molecule has 0 aliphatic rings. The summed E-state index contributed by atoms with van der Waals surface area (Å²) in [6.45, 7) is 3.98. The van der Waals surface area contributed by atoms with Gasteiger partial charge in [0.25, 0.3) is 5.91 Å². The van der Waals surface area contributed by atoms with E-state index in [2.05, 4.69) is 9.88 Å². The number of ether oxygens (including phenoxy) is 1. The molecule has 0 saturated carbocycles. The molecule has 1 N–H and O–H groups in total. The number of aromatic nitrogens is 1. The molecular formula is C27H26N2O2. The van der Waals surface area contributed by atoms with E-state index >= 15 is 0 Å². The van der Waals surface area contributed by atoms with Gasteiger partial charge in [0.05, 0.1) is 24.4 Å². The Morgan fingerprint density at radius 3 is 2.26 bits per heavy atom. The topological polar surface area (TPSA) is 43.3 Å². The van der Waals surface area contributed by atoms with Gasteiger partial charge in [-0.25, -0.2) is 0 Å². The Bertz CT molecular complexity index is 1180. The Morgan fingerprint density at radius 1 is 0.903 bits per heavy atom. The van der Waals surface area contributed by atoms with Gasteiger partial charge < -0.3 is 14.6 Å². The van der Waals surface area contributed by atoms with Crippen LogP contribution in [0.25, 0.3) is 16.9 Å². The lowest BCUT2D eigenvalue weighted by Crippen LogP contribution is -2.27. The molecule has 0 spiro atoms. The first kappa shape index (κ1) is 20.5. The van der Waals surface area contributed by atoms with E-state index in [0.29, 0.717) is 5.56 Å². The molecule has 4 heteroatoms. The van der Waals surface area contributed by atoms with E-state index in [-0.39, 0.29) is 11.9 Å². The lowest BCUT2D eigenvalue weighted by Gasteiger charge is -2.15. The van der Waals surface area contributed by atoms with Crippen LogP contribution in [0.4, 0.5) is 0 Å². The summed E-state index contributed by atoms with van der Waals surface area (Å²) in [6, 6.07) is 29.8. The maximum absolute atomic E-state index is 13.3. The fourth-order valence-corrected chi connectivity index (χ4v) is 3.84. The first-order valence-corrected chi connectivity index (χ1v) is 10.4. The molecule has 0 radical (unpaired) electrons. The van der Waals surface area contributed by atoms with Gasteiger partial charge in [-0.15, -0.1) is 0 Å². The highest BCUT2D eigenvalue weighted by molar-refractivity contribution is 5.97. The third-order valence-corrected chi connectivity index (χ3v) is 5.52. The molecule has 1 atom stereocenters. The van der Waals surface area contributed by atoms with Crippen LogP contribution in [0.5, 0.6) is 5.75 Å². The minimum Gasteiger partial charge on any atom is -0.497 e. The average molecular weight is 411 g/mol. The van der Waals surface area contributed by atoms with Crippen molar-refractivity contribution in [3.05, 3.63) is 108 Å². The monoisotopic (exact) mass is 410 g/mol. The number of carbonyl (C=O) groups excluding carboxylic acids is 1. The van der Waals surface area contributed by atoms with Crippen molar-refractivity contribution in [3.8, 4) is 22.7 Å². The van der Waals surface area contributed by atoms with Crippen LogP contribution in [-0.2, 0) is 0 Å². The van der Waals surface area contributed by atoms with E-state index in [0.717, 1.165) is 34.0 Å². The molecule has 0 aliphatic heterocycles. The number of benzene rings is 3. The van der Waals surface area contributed by atoms with Gasteiger partial charge >= 0.3 is 0 Å². The highest BCUT2D eigenvalue weighted by Crippen LogP contribution is 2.31. The molecule has 1 amide bonds. The zero-order chi connectivity index (χ0) is 21.8. The highest BCUT2D eigenvalue weighted by Gasteiger charge is 2.21. The normalized spacial score (nSPS) is 11.7. The minimum absolute atomic E-state index is 0.0894. The smallest absolute Gasteiger partial charge is 0.253 e. The number of para-hydroxylation sites is 1. The molecule has 4 rings (SSSR count). The number of hydrogen-bond donors (Lipinski definition) is 1. The summed E-state index contributed by atoms with van der Waals surface area (Å²) in [5, 5.41) is 3.14. The summed E-state index contributed by atoms with van der Waals surface area (Å²) in [5.74, 6) is 0.687. The number of rotatable bonds is 6. The number of carbonyl (C=O) groups is 1. The second kappa shape index (κ2) is 8.92. The largest absolute Gasteiger partial charge is 0.497 e. The predicted octanol–water partition coefficient (Wildman–Crippen LogP) is 5.95. The quantitative estimate of drug-likeness (QED) is 0.427. The van der Waals surface area contributed by atoms with Gasteiger partial charge in [0.2, 0.25) is 0 Å². The Morgan fingerprint density at radius 2 is 1.58 bits per heavy atom. The van der Waals surface area contributed by atoms with Crippen molar-refractivity contribution in [2.24, 2.45) is 0 Å². The van der Waals surface area contributed by atoms with Crippen LogP contribution >= 0.6 is 0 Å². The molecule has 1 aromatic heterocycles. The maximum atomic E-state index is 13.3. The first-order chi connectivity index (χ1) is 15.1. The molecular weight excluding hydrogens is 384 g/mol. The summed E-state index contributed by atoms with van der Waals surface area (Å²) in [7, 11) is 1.66. The van der Waals surface area contributed by atoms with E-state index in [9.17, 15) is 4.79 Å². The zero-order valence-corrected chi connectivity index (χ0v) is 18.0. The summed E-state index contributed by atoms with van der Waals surface area (Å²) < 4.78 is 7.54. The average Bonchev–Trinajstić information content (AvgIpc) is 3.17. The fourth-order valence-electron chi connectivity index (χ4n) is 3.84. The number of methoxy groups -OCH3 is 1. The van der Waals surface area contributed by atoms with E-state index in [4.69, 9.17) is 4.74 Å². The zero-order valence-electron chi connectivity index (χ0n) is 18.0. The van der Waals surface area contributed by atoms with Gasteiger partial charge in [0.1, 0.15) is 5.75 Å². The van der Waals surface area contributed by atoms with Gasteiger partial charge in [0.15, 0.2) is 0 Å². The van der Waals surface area contributed by atoms with E-state index in [1.807, 2.05) is 105 Å². The third-order valence-electron chi connectivity index (χ3n) is 5.52. The summed E-state index contributed by atoms with van der Waals surface area (Å²) >= 11 is 0. The number of amides is 1. The molecule has 4 nitrogen and oxygen atoms in total. The van der Waals surface area contributed by atoms with Gasteiger partial charge in [0, 0.05) is 16.9 Å². The van der Waals surface area contributed by atoms with E-state index in [1.165, 1.54) is 0 Å². The van der Waals surface area contributed by atoms with Gasteiger partial charge in [-0.2, -0.15) is 0 Å². The van der Waals surface area contributed by atoms with Crippen molar-refractivity contribution in [3.63, 3.8) is 0 Å². The second-order valence-electron chi connectivity index (χ2n) is 7.54. The van der Waals surface area contributed by atoms with Gasteiger partial charge in [-0.05, 0) is 49.7 Å². The highest BCUT2D eigenvalue weighted by atomic mass is 16.5. The van der Waals surface area contributed by atoms with Crippen molar-refractivity contribution in [2.75, 3.05) is 7.11 Å². The van der Waals surface area contributed by atoms with Crippen LogP contribution in [0.1, 0.15) is 34.6 Å². The molecule has 0 aliphatic carbocycles. The summed E-state index contributed by atoms with van der Waals surface area (Å²) in [5.41, 5.74) is 5.56. The molecule has 1 heterocycles. The first-order valence-electron chi connectivity index (χ1n) is 10.4. The second-order valence-corrected chi connectivity index (χ2v) is 7.54. The van der Waals surface area contributed by atoms with Crippen molar-refractivity contribution < 1.29 is 9.53 Å². The van der Waals surface area contributed by atoms with Crippen molar-refractivity contribution in [2.45, 2.75) is 19.9 Å². The molecule has 156 valence electrons. The Balaban J connectivity index is 1.77. The van der Waals surface area contributed by atoms with Gasteiger partial charge in [-0.3, -0.25) is 4.79 Å². The van der Waals surface area contributed by atoms with Crippen LogP contribution in [-0.4, -0.2) is 17.6 Å². The van der Waals surface area contributed by atoms with Crippen molar-refractivity contribution in [1.82, 2.24) is 9.88 Å². The van der Waals surface area contributed by atoms with Crippen LogP contribution in [0.2, 0.25) is 0 Å². The number of hydrogen-bond acceptors (Lipinski definition) is 2. The molecule has 0 fully saturated rings. The number of nitrogens with one attached hydrogen (secondary N) is 1. The fraction of sp³-hybridized carbons (Fsp3) is 0.148. The molecule has 0 saturated heterocycles. The molecule has 0 bridgehead atoms. The Kier molecular flexibility index (Phi) is 5.89. The predicted molar refractivity (Wildman–Crippen MR) is 125 cm³/mol. The van der Waals surface area contributed by atoms with Gasteiger partial charge in [-0.1, -0.05) is 60.7 Å². The van der Waals surface area contributed by atoms with E-state index < -0.39 is 0 Å². The molecule has 4 aromatic rings. The minimum atomic E-state index is -0.0901. The van der Waals surface area contributed by atoms with Crippen LogP contribution in [0.15, 0.2) is 91.0 Å². The van der Waals surface area contributed by atoms with Crippen LogP contribution in [0.3, 0.4) is 0 Å². The van der Waals surface area contributed by atoms with E-state index in [1.54, 1.807) is 7.11 Å². The van der Waals surface area contributed by atoms with Crippen LogP contribution < -0.4 is 10.1 Å². The SMILES string of the molecule is COc1cccc(-c2cc(C(=O)NC(C)c3ccccc3)c(C)n2-c2ccccc2)c1. The van der Waals surface area contributed by atoms with Crippen molar-refractivity contribution in [1.29, 1.82) is 0 Å². The Hall–Kier alpha value is -3.79. The number of nitrogens with zero attached hydrogens (tertiary/aromatic N) is 1. The lowest BCUT2D eigenvalue weighted by atomic mass is 10.1. The third kappa shape index (κ3) is 4.24.